The summed E-state index contributed by atoms with van der Waals surface area (Å²) in [7, 11) is -4.61. The molecule has 17 heteroatoms. The van der Waals surface area contributed by atoms with Gasteiger partial charge in [-0.05, 0) is 60.0 Å². The van der Waals surface area contributed by atoms with Gasteiger partial charge in [0.1, 0.15) is 17.4 Å². The van der Waals surface area contributed by atoms with Crippen molar-refractivity contribution >= 4 is 26.7 Å². The number of carbonyl (C=O) groups is 1. The van der Waals surface area contributed by atoms with Crippen molar-refractivity contribution < 1.29 is 62.9 Å². The number of phenolic OH excluding ortho intramolecular Hbond substituents is 1. The van der Waals surface area contributed by atoms with Gasteiger partial charge < -0.3 is 20.9 Å². The minimum absolute atomic E-state index is 0.00252. The van der Waals surface area contributed by atoms with Crippen LogP contribution in [0.2, 0.25) is 0 Å². The Hall–Kier alpha value is -4.25. The SMILES string of the molecule is N[C@@H](Cc1cc(C(F)(F)F)c(O)c(C(F)(F)F)c1-c1ccc2[nH]cc(S(=O)(=O)c3ccc(C(F)(F)F)cc3)c2c1)C(=O)O. The molecular weight excluding hydrogens is 623 g/mol. The van der Waals surface area contributed by atoms with Crippen LogP contribution in [0.1, 0.15) is 22.3 Å². The lowest BCUT2D eigenvalue weighted by Gasteiger charge is -2.23. The fourth-order valence-electron chi connectivity index (χ4n) is 4.46. The molecule has 1 heterocycles. The van der Waals surface area contributed by atoms with Gasteiger partial charge in [-0.3, -0.25) is 4.79 Å². The molecule has 4 aromatic rings. The topological polar surface area (TPSA) is 133 Å². The average molecular weight is 640 g/mol. The molecule has 4 rings (SSSR count). The molecular formula is C26H17F9N2O5S. The number of hydrogen-bond acceptors (Lipinski definition) is 5. The van der Waals surface area contributed by atoms with Crippen molar-refractivity contribution in [2.45, 2.75) is 40.8 Å². The molecule has 0 fully saturated rings. The number of carboxylic acids is 1. The number of hydrogen-bond donors (Lipinski definition) is 4. The first-order chi connectivity index (χ1) is 19.6. The van der Waals surface area contributed by atoms with E-state index in [1.165, 1.54) is 0 Å². The monoisotopic (exact) mass is 640 g/mol. The van der Waals surface area contributed by atoms with E-state index >= 15 is 0 Å². The number of alkyl halides is 9. The van der Waals surface area contributed by atoms with Crippen LogP contribution in [0.5, 0.6) is 5.75 Å². The molecule has 3 aromatic carbocycles. The number of carboxylic acid groups (broad SMARTS) is 1. The van der Waals surface area contributed by atoms with Crippen LogP contribution in [-0.4, -0.2) is 35.6 Å². The quantitative estimate of drug-likeness (QED) is 0.181. The second-order valence-electron chi connectivity index (χ2n) is 9.27. The largest absolute Gasteiger partial charge is 0.507 e. The number of halogens is 9. The number of sulfone groups is 1. The maximum atomic E-state index is 14.2. The third-order valence-corrected chi connectivity index (χ3v) is 8.25. The molecule has 0 saturated heterocycles. The molecule has 0 saturated carbocycles. The van der Waals surface area contributed by atoms with E-state index in [1.54, 1.807) is 0 Å². The molecule has 0 unspecified atom stereocenters. The molecule has 0 bridgehead atoms. The van der Waals surface area contributed by atoms with Crippen molar-refractivity contribution in [3.63, 3.8) is 0 Å². The number of aromatic nitrogens is 1. The van der Waals surface area contributed by atoms with Gasteiger partial charge in [-0.15, -0.1) is 0 Å². The lowest BCUT2D eigenvalue weighted by molar-refractivity contribution is -0.145. The van der Waals surface area contributed by atoms with E-state index in [2.05, 4.69) is 4.98 Å². The number of rotatable bonds is 6. The van der Waals surface area contributed by atoms with Crippen LogP contribution >= 0.6 is 0 Å². The van der Waals surface area contributed by atoms with Gasteiger partial charge in [-0.2, -0.15) is 39.5 Å². The zero-order valence-electron chi connectivity index (χ0n) is 21.0. The van der Waals surface area contributed by atoms with Crippen LogP contribution in [0.3, 0.4) is 0 Å². The van der Waals surface area contributed by atoms with E-state index in [0.29, 0.717) is 24.3 Å². The van der Waals surface area contributed by atoms with Crippen molar-refractivity contribution in [3.05, 3.63) is 77.0 Å². The first-order valence-electron chi connectivity index (χ1n) is 11.7. The number of aromatic amines is 1. The Morgan fingerprint density at radius 3 is 2.00 bits per heavy atom. The minimum Gasteiger partial charge on any atom is -0.507 e. The highest BCUT2D eigenvalue weighted by Gasteiger charge is 2.45. The van der Waals surface area contributed by atoms with E-state index in [4.69, 9.17) is 5.73 Å². The smallest absolute Gasteiger partial charge is 0.420 e. The number of aliphatic carboxylic acids is 1. The number of H-pyrrole nitrogens is 1. The molecule has 0 aliphatic carbocycles. The zero-order valence-corrected chi connectivity index (χ0v) is 21.8. The Morgan fingerprint density at radius 1 is 0.884 bits per heavy atom. The Morgan fingerprint density at radius 2 is 1.49 bits per heavy atom. The predicted octanol–water partition coefficient (Wildman–Crippen LogP) is 6.38. The van der Waals surface area contributed by atoms with Gasteiger partial charge in [0.2, 0.25) is 9.84 Å². The Bertz CT molecular complexity index is 1830. The van der Waals surface area contributed by atoms with Crippen molar-refractivity contribution in [2.75, 3.05) is 0 Å². The van der Waals surface area contributed by atoms with Gasteiger partial charge in [0.25, 0.3) is 0 Å². The zero-order chi connectivity index (χ0) is 32.3. The van der Waals surface area contributed by atoms with Gasteiger partial charge in [-0.1, -0.05) is 6.07 Å². The summed E-state index contributed by atoms with van der Waals surface area (Å²) >= 11 is 0. The summed E-state index contributed by atoms with van der Waals surface area (Å²) in [4.78, 5) is 12.7. The van der Waals surface area contributed by atoms with Crippen LogP contribution in [0, 0.1) is 0 Å². The second-order valence-corrected chi connectivity index (χ2v) is 11.2. The van der Waals surface area contributed by atoms with Gasteiger partial charge in [-0.25, -0.2) is 8.42 Å². The highest BCUT2D eigenvalue weighted by molar-refractivity contribution is 7.91. The molecule has 1 aromatic heterocycles. The summed E-state index contributed by atoms with van der Waals surface area (Å²) in [5.74, 6) is -3.96. The van der Waals surface area contributed by atoms with Gasteiger partial charge >= 0.3 is 24.5 Å². The second kappa shape index (κ2) is 10.5. The first-order valence-corrected chi connectivity index (χ1v) is 13.2. The van der Waals surface area contributed by atoms with Crippen LogP contribution in [0.25, 0.3) is 22.0 Å². The van der Waals surface area contributed by atoms with Crippen molar-refractivity contribution in [3.8, 4) is 16.9 Å². The summed E-state index contributed by atoms with van der Waals surface area (Å²) in [5, 5.41) is 19.1. The van der Waals surface area contributed by atoms with E-state index in [0.717, 1.165) is 24.4 Å². The summed E-state index contributed by atoms with van der Waals surface area (Å²) < 4.78 is 149. The molecule has 0 spiro atoms. The molecule has 0 aliphatic rings. The minimum atomic E-state index is -5.63. The number of aromatic hydroxyl groups is 1. The maximum absolute atomic E-state index is 14.2. The van der Waals surface area contributed by atoms with E-state index in [9.17, 15) is 62.9 Å². The highest BCUT2D eigenvalue weighted by atomic mass is 32.2. The van der Waals surface area contributed by atoms with Gasteiger partial charge in [0, 0.05) is 22.7 Å². The molecule has 0 aliphatic heterocycles. The Balaban J connectivity index is 2.01. The van der Waals surface area contributed by atoms with Crippen LogP contribution in [-0.2, 0) is 39.6 Å². The van der Waals surface area contributed by atoms with Crippen LogP contribution < -0.4 is 5.73 Å². The molecule has 0 radical (unpaired) electrons. The number of phenols is 1. The summed E-state index contributed by atoms with van der Waals surface area (Å²) in [6.07, 6.45) is -16.1. The molecule has 230 valence electrons. The fraction of sp³-hybridized carbons (Fsp3) is 0.192. The maximum Gasteiger partial charge on any atom is 0.420 e. The fourth-order valence-corrected chi connectivity index (χ4v) is 5.88. The molecule has 7 nitrogen and oxygen atoms in total. The molecule has 5 N–H and O–H groups in total. The Kier molecular flexibility index (Phi) is 7.72. The summed E-state index contributed by atoms with van der Waals surface area (Å²) in [6.45, 7) is 0. The van der Waals surface area contributed by atoms with E-state index < -0.39 is 95.7 Å². The summed E-state index contributed by atoms with van der Waals surface area (Å²) in [6, 6.07) is 3.38. The van der Waals surface area contributed by atoms with Crippen molar-refractivity contribution in [1.29, 1.82) is 0 Å². The highest BCUT2D eigenvalue weighted by Crippen LogP contribution is 2.50. The number of nitrogens with two attached hydrogens (primary N) is 1. The van der Waals surface area contributed by atoms with Crippen LogP contribution in [0.4, 0.5) is 39.5 Å². The van der Waals surface area contributed by atoms with E-state index in [1.807, 2.05) is 0 Å². The lowest BCUT2D eigenvalue weighted by atomic mass is 9.87. The molecule has 43 heavy (non-hydrogen) atoms. The van der Waals surface area contributed by atoms with Gasteiger partial charge in [0.15, 0.2) is 0 Å². The van der Waals surface area contributed by atoms with Gasteiger partial charge in [0.05, 0.1) is 20.9 Å². The lowest BCUT2D eigenvalue weighted by Crippen LogP contribution is -2.32. The predicted molar refractivity (Wildman–Crippen MR) is 132 cm³/mol. The number of benzene rings is 3. The van der Waals surface area contributed by atoms with Crippen molar-refractivity contribution in [1.82, 2.24) is 4.98 Å². The molecule has 0 amide bonds. The Labute approximate surface area is 235 Å². The third kappa shape index (κ3) is 5.99. The number of nitrogens with one attached hydrogen (secondary N) is 1. The third-order valence-electron chi connectivity index (χ3n) is 6.44. The summed E-state index contributed by atoms with van der Waals surface area (Å²) in [5.41, 5.74) is -2.52. The number of fused-ring (bicyclic) bond motifs is 1. The first kappa shape index (κ1) is 31.7. The standard InChI is InChI=1S/C26H17F9N2O5S/c27-24(28,29)13-2-4-14(5-3-13)43(41,42)19-10-37-18-6-1-11(7-15(18)19)20-12(9-17(36)23(39)40)8-16(25(30,31)32)22(38)21(20)26(33,34)35/h1-8,10,17,37-38H,9,36H2,(H,39,40)/t17-/m0/s1. The molecule has 1 atom stereocenters. The van der Waals surface area contributed by atoms with E-state index in [-0.39, 0.29) is 17.0 Å². The normalized spacial score (nSPS) is 13.8. The van der Waals surface area contributed by atoms with Crippen LogP contribution in [0.15, 0.2) is 64.5 Å². The average Bonchev–Trinajstić information content (AvgIpc) is 3.31. The van der Waals surface area contributed by atoms with Crippen molar-refractivity contribution in [2.24, 2.45) is 5.73 Å².